The molecule has 22 heavy (non-hydrogen) atoms. The quantitative estimate of drug-likeness (QED) is 0.588. The molecule has 0 amide bonds. The van der Waals surface area contributed by atoms with Crippen LogP contribution >= 0.6 is 15.9 Å². The Hall–Kier alpha value is -0.820. The molecule has 3 rings (SSSR count). The lowest BCUT2D eigenvalue weighted by atomic mass is 9.83. The second-order valence-electron chi connectivity index (χ2n) is 6.24. The SMILES string of the molecule is BrC1CCC(C(C#Cc2ccccc2)N2CCOCC2)CC1. The summed E-state index contributed by atoms with van der Waals surface area (Å²) >= 11 is 3.77. The first-order chi connectivity index (χ1) is 10.8. The Morgan fingerprint density at radius 3 is 2.41 bits per heavy atom. The van der Waals surface area contributed by atoms with Crippen molar-refractivity contribution in [3.63, 3.8) is 0 Å². The summed E-state index contributed by atoms with van der Waals surface area (Å²) in [4.78, 5) is 3.25. The van der Waals surface area contributed by atoms with Crippen LogP contribution in [0.4, 0.5) is 0 Å². The average Bonchev–Trinajstić information content (AvgIpc) is 2.58. The van der Waals surface area contributed by atoms with E-state index >= 15 is 0 Å². The van der Waals surface area contributed by atoms with Crippen molar-refractivity contribution < 1.29 is 4.74 Å². The van der Waals surface area contributed by atoms with E-state index < -0.39 is 0 Å². The Morgan fingerprint density at radius 2 is 1.73 bits per heavy atom. The van der Waals surface area contributed by atoms with Crippen LogP contribution in [0.3, 0.4) is 0 Å². The molecule has 1 unspecified atom stereocenters. The molecule has 1 aliphatic heterocycles. The smallest absolute Gasteiger partial charge is 0.0748 e. The second-order valence-corrected chi connectivity index (χ2v) is 7.54. The van der Waals surface area contributed by atoms with Gasteiger partial charge in [-0.25, -0.2) is 0 Å². The van der Waals surface area contributed by atoms with Crippen LogP contribution < -0.4 is 0 Å². The minimum Gasteiger partial charge on any atom is -0.379 e. The van der Waals surface area contributed by atoms with E-state index in [2.05, 4.69) is 56.9 Å². The Morgan fingerprint density at radius 1 is 1.05 bits per heavy atom. The second kappa shape index (κ2) is 8.15. The summed E-state index contributed by atoms with van der Waals surface area (Å²) in [5.41, 5.74) is 1.12. The van der Waals surface area contributed by atoms with Gasteiger partial charge in [-0.05, 0) is 43.7 Å². The molecular formula is C19H24BrNO. The van der Waals surface area contributed by atoms with Gasteiger partial charge in [-0.1, -0.05) is 46.0 Å². The topological polar surface area (TPSA) is 12.5 Å². The van der Waals surface area contributed by atoms with Crippen molar-refractivity contribution in [2.45, 2.75) is 36.6 Å². The van der Waals surface area contributed by atoms with Gasteiger partial charge in [-0.2, -0.15) is 0 Å². The summed E-state index contributed by atoms with van der Waals surface area (Å²) in [5.74, 6) is 7.70. The molecule has 1 aromatic carbocycles. The van der Waals surface area contributed by atoms with Crippen molar-refractivity contribution in [1.29, 1.82) is 0 Å². The third kappa shape index (κ3) is 4.35. The van der Waals surface area contributed by atoms with Crippen molar-refractivity contribution in [2.24, 2.45) is 5.92 Å². The molecule has 3 heteroatoms. The zero-order chi connectivity index (χ0) is 15.2. The van der Waals surface area contributed by atoms with E-state index in [1.54, 1.807) is 0 Å². The summed E-state index contributed by atoms with van der Waals surface area (Å²) in [6.07, 6.45) is 5.11. The number of hydrogen-bond donors (Lipinski definition) is 0. The van der Waals surface area contributed by atoms with Crippen molar-refractivity contribution in [3.05, 3.63) is 35.9 Å². The molecule has 0 N–H and O–H groups in total. The van der Waals surface area contributed by atoms with Gasteiger partial charge in [0.2, 0.25) is 0 Å². The molecule has 1 atom stereocenters. The number of rotatable bonds is 2. The van der Waals surface area contributed by atoms with Crippen LogP contribution in [-0.4, -0.2) is 42.1 Å². The van der Waals surface area contributed by atoms with Crippen LogP contribution in [0.15, 0.2) is 30.3 Å². The van der Waals surface area contributed by atoms with Gasteiger partial charge in [-0.15, -0.1) is 0 Å². The third-order valence-corrected chi connectivity index (χ3v) is 5.64. The van der Waals surface area contributed by atoms with Gasteiger partial charge in [0.25, 0.3) is 0 Å². The molecule has 118 valence electrons. The van der Waals surface area contributed by atoms with Crippen LogP contribution in [0.5, 0.6) is 0 Å². The first-order valence-corrected chi connectivity index (χ1v) is 9.27. The summed E-state index contributed by atoms with van der Waals surface area (Å²) in [7, 11) is 0. The van der Waals surface area contributed by atoms with Gasteiger partial charge < -0.3 is 4.74 Å². The maximum absolute atomic E-state index is 5.52. The van der Waals surface area contributed by atoms with Crippen LogP contribution in [0.25, 0.3) is 0 Å². The number of hydrogen-bond acceptors (Lipinski definition) is 2. The van der Waals surface area contributed by atoms with Crippen LogP contribution in [0.1, 0.15) is 31.2 Å². The van der Waals surface area contributed by atoms with Gasteiger partial charge in [0, 0.05) is 23.5 Å². The van der Waals surface area contributed by atoms with Gasteiger partial charge in [0.1, 0.15) is 0 Å². The normalized spacial score (nSPS) is 27.7. The fraction of sp³-hybridized carbons (Fsp3) is 0.579. The van der Waals surface area contributed by atoms with Crippen LogP contribution in [0, 0.1) is 17.8 Å². The number of benzene rings is 1. The third-order valence-electron chi connectivity index (χ3n) is 4.73. The van der Waals surface area contributed by atoms with E-state index in [4.69, 9.17) is 4.74 Å². The Bertz CT molecular complexity index is 507. The molecule has 0 aromatic heterocycles. The van der Waals surface area contributed by atoms with Gasteiger partial charge in [0.15, 0.2) is 0 Å². The summed E-state index contributed by atoms with van der Waals surface area (Å²) in [6, 6.07) is 10.7. The molecule has 0 spiro atoms. The van der Waals surface area contributed by atoms with Crippen LogP contribution in [0.2, 0.25) is 0 Å². The number of nitrogens with zero attached hydrogens (tertiary/aromatic N) is 1. The average molecular weight is 362 g/mol. The zero-order valence-electron chi connectivity index (χ0n) is 13.0. The fourth-order valence-corrected chi connectivity index (χ4v) is 3.96. The predicted molar refractivity (Wildman–Crippen MR) is 94.2 cm³/mol. The highest BCUT2D eigenvalue weighted by Gasteiger charge is 2.30. The van der Waals surface area contributed by atoms with Gasteiger partial charge >= 0.3 is 0 Å². The maximum Gasteiger partial charge on any atom is 0.0748 e. The van der Waals surface area contributed by atoms with E-state index in [-0.39, 0.29) is 0 Å². The lowest BCUT2D eigenvalue weighted by molar-refractivity contribution is 0.0128. The molecule has 1 aliphatic carbocycles. The number of morpholine rings is 1. The van der Waals surface area contributed by atoms with Gasteiger partial charge in [-0.3, -0.25) is 4.90 Å². The first kappa shape index (κ1) is 16.1. The molecule has 1 saturated carbocycles. The molecule has 1 heterocycles. The summed E-state index contributed by atoms with van der Waals surface area (Å²) in [5, 5.41) is 0. The highest BCUT2D eigenvalue weighted by Crippen LogP contribution is 2.32. The van der Waals surface area contributed by atoms with Crippen molar-refractivity contribution >= 4 is 15.9 Å². The molecule has 2 nitrogen and oxygen atoms in total. The van der Waals surface area contributed by atoms with Crippen molar-refractivity contribution in [3.8, 4) is 11.8 Å². The fourth-order valence-electron chi connectivity index (χ4n) is 3.44. The molecule has 2 aliphatic rings. The molecule has 0 bridgehead atoms. The molecular weight excluding hydrogens is 338 g/mol. The lowest BCUT2D eigenvalue weighted by Gasteiger charge is -2.38. The molecule has 1 aromatic rings. The Labute approximate surface area is 142 Å². The number of ether oxygens (including phenoxy) is 1. The highest BCUT2D eigenvalue weighted by atomic mass is 79.9. The maximum atomic E-state index is 5.52. The highest BCUT2D eigenvalue weighted by molar-refractivity contribution is 9.09. The standard InChI is InChI=1S/C19H24BrNO/c20-18-9-7-17(8-10-18)19(21-12-14-22-15-13-21)11-6-16-4-2-1-3-5-16/h1-5,17-19H,7-10,12-15H2. The number of halogens is 1. The zero-order valence-corrected chi connectivity index (χ0v) is 14.6. The molecule has 0 radical (unpaired) electrons. The predicted octanol–water partition coefficient (Wildman–Crippen LogP) is 3.69. The largest absolute Gasteiger partial charge is 0.379 e. The van der Waals surface area contributed by atoms with E-state index in [0.717, 1.165) is 31.9 Å². The monoisotopic (exact) mass is 361 g/mol. The van der Waals surface area contributed by atoms with Crippen molar-refractivity contribution in [1.82, 2.24) is 4.90 Å². The van der Waals surface area contributed by atoms with E-state index in [1.807, 2.05) is 6.07 Å². The Kier molecular flexibility index (Phi) is 5.95. The molecule has 2 fully saturated rings. The van der Waals surface area contributed by atoms with E-state index in [0.29, 0.717) is 16.8 Å². The van der Waals surface area contributed by atoms with E-state index in [1.165, 1.54) is 25.7 Å². The van der Waals surface area contributed by atoms with Gasteiger partial charge in [0.05, 0.1) is 19.3 Å². The minimum absolute atomic E-state index is 0.379. The first-order valence-electron chi connectivity index (χ1n) is 8.35. The summed E-state index contributed by atoms with van der Waals surface area (Å²) in [6.45, 7) is 3.72. The van der Waals surface area contributed by atoms with Crippen molar-refractivity contribution in [2.75, 3.05) is 26.3 Å². The minimum atomic E-state index is 0.379. The Balaban J connectivity index is 1.75. The molecule has 1 saturated heterocycles. The number of alkyl halides is 1. The summed E-state index contributed by atoms with van der Waals surface area (Å²) < 4.78 is 5.52. The lowest BCUT2D eigenvalue weighted by Crippen LogP contribution is -2.47. The van der Waals surface area contributed by atoms with Crippen LogP contribution in [-0.2, 0) is 4.74 Å². The van der Waals surface area contributed by atoms with E-state index in [9.17, 15) is 0 Å².